The zero-order valence-corrected chi connectivity index (χ0v) is 15.3. The molecule has 0 unspecified atom stereocenters. The van der Waals surface area contributed by atoms with Crippen LogP contribution < -0.4 is 14.6 Å². The van der Waals surface area contributed by atoms with E-state index in [4.69, 9.17) is 13.9 Å². The highest BCUT2D eigenvalue weighted by Gasteiger charge is 2.09. The number of hydrogen-bond acceptors (Lipinski definition) is 6. The molecule has 0 bridgehead atoms. The summed E-state index contributed by atoms with van der Waals surface area (Å²) in [6.45, 7) is -0.00213. The average Bonchev–Trinajstić information content (AvgIpc) is 3.21. The smallest absolute Gasteiger partial charge is 0.161 e. The SMILES string of the molecule is COc1cc(/C=C(\C#N)c2ccc(F)cc2)ccc1OCc1ccc(C(=O)[O-])o1. The first-order valence-electron chi connectivity index (χ1n) is 8.49. The number of carboxylic acids is 1. The fraction of sp³-hybridized carbons (Fsp3) is 0.0909. The summed E-state index contributed by atoms with van der Waals surface area (Å²) < 4.78 is 29.1. The number of halogens is 1. The summed E-state index contributed by atoms with van der Waals surface area (Å²) in [5.41, 5.74) is 1.65. The number of nitriles is 1. The third kappa shape index (κ3) is 4.82. The minimum absolute atomic E-state index is 0.00213. The van der Waals surface area contributed by atoms with E-state index in [9.17, 15) is 19.6 Å². The van der Waals surface area contributed by atoms with Crippen molar-refractivity contribution in [2.45, 2.75) is 6.61 Å². The minimum atomic E-state index is -1.40. The number of benzene rings is 2. The Kier molecular flexibility index (Phi) is 5.95. The van der Waals surface area contributed by atoms with Gasteiger partial charge in [0.15, 0.2) is 11.5 Å². The van der Waals surface area contributed by atoms with Crippen molar-refractivity contribution in [2.75, 3.05) is 7.11 Å². The van der Waals surface area contributed by atoms with E-state index in [2.05, 4.69) is 6.07 Å². The first-order chi connectivity index (χ1) is 14.0. The van der Waals surface area contributed by atoms with E-state index < -0.39 is 5.97 Å². The Hall–Kier alpha value is -4.05. The van der Waals surface area contributed by atoms with Crippen molar-refractivity contribution in [1.82, 2.24) is 0 Å². The molecule has 1 aromatic heterocycles. The molecular weight excluding hydrogens is 377 g/mol. The molecule has 146 valence electrons. The van der Waals surface area contributed by atoms with Crippen LogP contribution in [-0.4, -0.2) is 13.1 Å². The molecule has 7 heteroatoms. The monoisotopic (exact) mass is 392 g/mol. The molecule has 0 atom stereocenters. The standard InChI is InChI=1S/C22H16FNO5/c1-27-21-11-14(10-16(12-24)15-3-5-17(23)6-4-15)2-8-19(21)28-13-18-7-9-20(29-18)22(25)26/h2-11H,13H2,1H3,(H,25,26)/p-1/b16-10+. The van der Waals surface area contributed by atoms with Crippen molar-refractivity contribution in [1.29, 1.82) is 5.26 Å². The molecule has 0 fully saturated rings. The molecule has 0 radical (unpaired) electrons. The van der Waals surface area contributed by atoms with Gasteiger partial charge in [-0.2, -0.15) is 5.26 Å². The van der Waals surface area contributed by atoms with Crippen molar-refractivity contribution >= 4 is 17.6 Å². The summed E-state index contributed by atoms with van der Waals surface area (Å²) in [6.07, 6.45) is 1.65. The molecule has 0 aliphatic rings. The third-order valence-electron chi connectivity index (χ3n) is 4.01. The Labute approximate surface area is 166 Å². The zero-order valence-electron chi connectivity index (χ0n) is 15.3. The van der Waals surface area contributed by atoms with Gasteiger partial charge in [0, 0.05) is 0 Å². The van der Waals surface area contributed by atoms with Gasteiger partial charge in [-0.1, -0.05) is 18.2 Å². The van der Waals surface area contributed by atoms with Gasteiger partial charge >= 0.3 is 0 Å². The predicted molar refractivity (Wildman–Crippen MR) is 100 cm³/mol. The highest BCUT2D eigenvalue weighted by Crippen LogP contribution is 2.30. The van der Waals surface area contributed by atoms with E-state index in [0.717, 1.165) is 0 Å². The first-order valence-corrected chi connectivity index (χ1v) is 8.49. The van der Waals surface area contributed by atoms with Gasteiger partial charge in [-0.3, -0.25) is 0 Å². The molecule has 0 aliphatic carbocycles. The highest BCUT2D eigenvalue weighted by molar-refractivity contribution is 5.89. The fourth-order valence-corrected chi connectivity index (χ4v) is 2.58. The molecule has 29 heavy (non-hydrogen) atoms. The molecule has 3 rings (SSSR count). The first kappa shape index (κ1) is 19.7. The van der Waals surface area contributed by atoms with Crippen LogP contribution >= 0.6 is 0 Å². The lowest BCUT2D eigenvalue weighted by Gasteiger charge is -2.11. The molecular formula is C22H15FNO5-. The highest BCUT2D eigenvalue weighted by atomic mass is 19.1. The van der Waals surface area contributed by atoms with Crippen molar-refractivity contribution in [3.05, 3.63) is 83.1 Å². The number of hydrogen-bond donors (Lipinski definition) is 0. The van der Waals surface area contributed by atoms with Crippen LogP contribution in [0.15, 0.2) is 59.0 Å². The summed E-state index contributed by atoms with van der Waals surface area (Å²) >= 11 is 0. The molecule has 0 saturated carbocycles. The van der Waals surface area contributed by atoms with Crippen LogP contribution in [0.4, 0.5) is 4.39 Å². The molecule has 3 aromatic rings. The third-order valence-corrected chi connectivity index (χ3v) is 4.01. The fourth-order valence-electron chi connectivity index (χ4n) is 2.58. The van der Waals surface area contributed by atoms with Gasteiger partial charge in [-0.25, -0.2) is 4.39 Å². The van der Waals surface area contributed by atoms with Crippen molar-refractivity contribution in [3.8, 4) is 17.6 Å². The number of carboxylic acid groups (broad SMARTS) is 1. The lowest BCUT2D eigenvalue weighted by atomic mass is 10.0. The van der Waals surface area contributed by atoms with E-state index in [0.29, 0.717) is 34.0 Å². The number of methoxy groups -OCH3 is 1. The number of carbonyl (C=O) groups excluding carboxylic acids is 1. The van der Waals surface area contributed by atoms with Crippen molar-refractivity contribution < 1.29 is 28.2 Å². The minimum Gasteiger partial charge on any atom is -0.542 e. The number of rotatable bonds is 7. The molecule has 2 aromatic carbocycles. The second-order valence-electron chi connectivity index (χ2n) is 5.93. The lowest BCUT2D eigenvalue weighted by Crippen LogP contribution is -2.21. The number of furan rings is 1. The quantitative estimate of drug-likeness (QED) is 0.452. The van der Waals surface area contributed by atoms with Gasteiger partial charge in [0.25, 0.3) is 0 Å². The van der Waals surface area contributed by atoms with Gasteiger partial charge in [-0.15, -0.1) is 0 Å². The van der Waals surface area contributed by atoms with Gasteiger partial charge < -0.3 is 23.8 Å². The molecule has 0 amide bonds. The Morgan fingerprint density at radius 2 is 1.93 bits per heavy atom. The second kappa shape index (κ2) is 8.76. The number of allylic oxidation sites excluding steroid dienone is 1. The number of ether oxygens (including phenoxy) is 2. The number of carbonyl (C=O) groups is 1. The van der Waals surface area contributed by atoms with Gasteiger partial charge in [-0.05, 0) is 53.6 Å². The predicted octanol–water partition coefficient (Wildman–Crippen LogP) is 3.43. The summed E-state index contributed by atoms with van der Waals surface area (Å²) in [6, 6.07) is 15.6. The summed E-state index contributed by atoms with van der Waals surface area (Å²) in [7, 11) is 1.47. The maximum atomic E-state index is 13.1. The van der Waals surface area contributed by atoms with Crippen molar-refractivity contribution in [2.24, 2.45) is 0 Å². The molecule has 6 nitrogen and oxygen atoms in total. The van der Waals surface area contributed by atoms with Crippen LogP contribution in [0, 0.1) is 17.1 Å². The Morgan fingerprint density at radius 1 is 1.17 bits per heavy atom. The van der Waals surface area contributed by atoms with E-state index in [1.54, 1.807) is 24.3 Å². The largest absolute Gasteiger partial charge is 0.542 e. The van der Waals surface area contributed by atoms with E-state index in [1.807, 2.05) is 0 Å². The van der Waals surface area contributed by atoms with Crippen LogP contribution in [0.5, 0.6) is 11.5 Å². The van der Waals surface area contributed by atoms with Crippen LogP contribution in [0.1, 0.15) is 27.4 Å². The van der Waals surface area contributed by atoms with Crippen LogP contribution in [-0.2, 0) is 6.61 Å². The molecule has 0 saturated heterocycles. The maximum absolute atomic E-state index is 13.1. The molecule has 0 aliphatic heterocycles. The van der Waals surface area contributed by atoms with Crippen LogP contribution in [0.2, 0.25) is 0 Å². The second-order valence-corrected chi connectivity index (χ2v) is 5.93. The number of aromatic carboxylic acids is 1. The maximum Gasteiger partial charge on any atom is 0.161 e. The number of nitrogens with zero attached hydrogens (tertiary/aromatic N) is 1. The van der Waals surface area contributed by atoms with E-state index in [1.165, 1.54) is 43.5 Å². The molecule has 0 spiro atoms. The summed E-state index contributed by atoms with van der Waals surface area (Å²) in [5, 5.41) is 20.2. The van der Waals surface area contributed by atoms with Gasteiger partial charge in [0.1, 0.15) is 29.9 Å². The van der Waals surface area contributed by atoms with E-state index >= 15 is 0 Å². The Morgan fingerprint density at radius 3 is 2.55 bits per heavy atom. The Bertz CT molecular complexity index is 1090. The van der Waals surface area contributed by atoms with E-state index in [-0.39, 0.29) is 18.2 Å². The lowest BCUT2D eigenvalue weighted by molar-refractivity contribution is -0.257. The van der Waals surface area contributed by atoms with Crippen LogP contribution in [0.25, 0.3) is 11.6 Å². The molecule has 1 heterocycles. The summed E-state index contributed by atoms with van der Waals surface area (Å²) in [5.74, 6) is -0.908. The Balaban J connectivity index is 1.79. The normalized spacial score (nSPS) is 11.0. The van der Waals surface area contributed by atoms with Gasteiger partial charge in [0.05, 0.1) is 18.8 Å². The molecule has 0 N–H and O–H groups in total. The average molecular weight is 392 g/mol. The van der Waals surface area contributed by atoms with Crippen LogP contribution in [0.3, 0.4) is 0 Å². The van der Waals surface area contributed by atoms with Crippen molar-refractivity contribution in [3.63, 3.8) is 0 Å². The summed E-state index contributed by atoms with van der Waals surface area (Å²) in [4.78, 5) is 10.7. The topological polar surface area (TPSA) is 95.5 Å². The van der Waals surface area contributed by atoms with Gasteiger partial charge in [0.2, 0.25) is 0 Å². The zero-order chi connectivity index (χ0) is 20.8.